The summed E-state index contributed by atoms with van der Waals surface area (Å²) in [4.78, 5) is 9.94. The quantitative estimate of drug-likeness (QED) is 0.498. The zero-order valence-electron chi connectivity index (χ0n) is 15.7. The summed E-state index contributed by atoms with van der Waals surface area (Å²) < 4.78 is 65.8. The summed E-state index contributed by atoms with van der Waals surface area (Å²) in [5.74, 6) is 0. The highest BCUT2D eigenvalue weighted by atomic mass is 32.2. The Kier molecular flexibility index (Phi) is 6.85. The first kappa shape index (κ1) is 22.6. The molecule has 0 atom stereocenters. The van der Waals surface area contributed by atoms with Crippen molar-refractivity contribution in [2.75, 3.05) is 18.4 Å². The van der Waals surface area contributed by atoms with Gasteiger partial charge in [-0.25, -0.2) is 8.42 Å². The minimum absolute atomic E-state index is 0.0213. The van der Waals surface area contributed by atoms with Crippen molar-refractivity contribution in [2.24, 2.45) is 0 Å². The Morgan fingerprint density at radius 3 is 2.14 bits per heavy atom. The number of anilines is 1. The zero-order chi connectivity index (χ0) is 21.8. The van der Waals surface area contributed by atoms with Gasteiger partial charge in [0.1, 0.15) is 0 Å². The van der Waals surface area contributed by atoms with Gasteiger partial charge in [-0.15, -0.1) is 0 Å². The molecule has 0 unspecified atom stereocenters. The van der Waals surface area contributed by atoms with E-state index in [1.165, 1.54) is 28.6 Å². The molecule has 0 saturated carbocycles. The largest absolute Gasteiger partial charge is 0.418 e. The third-order valence-corrected chi connectivity index (χ3v) is 6.33. The van der Waals surface area contributed by atoms with E-state index in [0.29, 0.717) is 24.7 Å². The molecule has 2 aromatic carbocycles. The van der Waals surface area contributed by atoms with Crippen LogP contribution in [0.15, 0.2) is 47.4 Å². The van der Waals surface area contributed by atoms with Crippen molar-refractivity contribution >= 4 is 21.4 Å². The number of nitro groups is 1. The summed E-state index contributed by atoms with van der Waals surface area (Å²) in [6.07, 6.45) is -4.77. The maximum atomic E-state index is 13.2. The topological polar surface area (TPSA) is 92.6 Å². The molecule has 0 amide bonds. The number of nitro benzene ring substituents is 1. The van der Waals surface area contributed by atoms with Gasteiger partial charge in [0.05, 0.1) is 15.4 Å². The monoisotopic (exact) mass is 431 g/mol. The van der Waals surface area contributed by atoms with E-state index >= 15 is 0 Å². The van der Waals surface area contributed by atoms with E-state index < -0.39 is 32.4 Å². The molecular weight excluding hydrogens is 411 g/mol. The van der Waals surface area contributed by atoms with Crippen molar-refractivity contribution < 1.29 is 26.5 Å². The number of non-ortho nitro benzene ring substituents is 1. The van der Waals surface area contributed by atoms with Crippen LogP contribution in [0.1, 0.15) is 25.0 Å². The average molecular weight is 431 g/mol. The van der Waals surface area contributed by atoms with Crippen LogP contribution in [-0.4, -0.2) is 30.7 Å². The van der Waals surface area contributed by atoms with Crippen LogP contribution in [0.5, 0.6) is 0 Å². The van der Waals surface area contributed by atoms with Gasteiger partial charge in [0.25, 0.3) is 5.69 Å². The second kappa shape index (κ2) is 8.78. The van der Waals surface area contributed by atoms with Gasteiger partial charge in [-0.3, -0.25) is 10.1 Å². The first-order valence-corrected chi connectivity index (χ1v) is 10.1. The third-order valence-electron chi connectivity index (χ3n) is 4.27. The Hall–Kier alpha value is -2.66. The number of alkyl halides is 3. The number of benzene rings is 2. The lowest BCUT2D eigenvalue weighted by molar-refractivity contribution is -0.385. The average Bonchev–Trinajstić information content (AvgIpc) is 2.66. The van der Waals surface area contributed by atoms with Crippen molar-refractivity contribution in [3.63, 3.8) is 0 Å². The van der Waals surface area contributed by atoms with Crippen LogP contribution >= 0.6 is 0 Å². The van der Waals surface area contributed by atoms with Crippen molar-refractivity contribution in [1.29, 1.82) is 0 Å². The molecule has 0 bridgehead atoms. The Labute approximate surface area is 166 Å². The summed E-state index contributed by atoms with van der Waals surface area (Å²) in [7, 11) is -3.62. The predicted molar refractivity (Wildman–Crippen MR) is 102 cm³/mol. The van der Waals surface area contributed by atoms with Crippen molar-refractivity contribution in [3.8, 4) is 0 Å². The first-order chi connectivity index (χ1) is 13.5. The molecule has 0 heterocycles. The van der Waals surface area contributed by atoms with Crippen LogP contribution in [0.25, 0.3) is 0 Å². The lowest BCUT2D eigenvalue weighted by Crippen LogP contribution is -2.30. The van der Waals surface area contributed by atoms with Gasteiger partial charge in [0.15, 0.2) is 0 Å². The minimum atomic E-state index is -4.77. The lowest BCUT2D eigenvalue weighted by Gasteiger charge is -2.18. The summed E-state index contributed by atoms with van der Waals surface area (Å²) >= 11 is 0. The number of hydrogen-bond acceptors (Lipinski definition) is 5. The fourth-order valence-corrected chi connectivity index (χ4v) is 4.18. The van der Waals surface area contributed by atoms with Crippen LogP contribution in [0.3, 0.4) is 0 Å². The number of sulfonamides is 1. The maximum absolute atomic E-state index is 13.2. The fraction of sp³-hybridized carbons (Fsp3) is 0.333. The lowest BCUT2D eigenvalue weighted by atomic mass is 10.1. The minimum Gasteiger partial charge on any atom is -0.380 e. The van der Waals surface area contributed by atoms with Gasteiger partial charge < -0.3 is 5.32 Å². The molecule has 1 N–H and O–H groups in total. The molecule has 0 aliphatic rings. The highest BCUT2D eigenvalue weighted by Gasteiger charge is 2.35. The van der Waals surface area contributed by atoms with Gasteiger partial charge >= 0.3 is 6.18 Å². The maximum Gasteiger partial charge on any atom is 0.418 e. The van der Waals surface area contributed by atoms with Gasteiger partial charge in [-0.05, 0) is 23.8 Å². The smallest absolute Gasteiger partial charge is 0.380 e. The Morgan fingerprint density at radius 2 is 1.66 bits per heavy atom. The first-order valence-electron chi connectivity index (χ1n) is 8.69. The summed E-state index contributed by atoms with van der Waals surface area (Å²) in [5.41, 5.74) is -1.56. The molecule has 2 aromatic rings. The van der Waals surface area contributed by atoms with Crippen LogP contribution in [0.4, 0.5) is 24.5 Å². The molecule has 0 saturated heterocycles. The standard InChI is InChI=1S/C18H20F3N3O4S/c1-3-23(4-2)29(27,28)15-8-5-13(6-9-15)12-22-17-10-7-14(24(25)26)11-16(17)18(19,20)21/h5-11,22H,3-4,12H2,1-2H3. The van der Waals surface area contributed by atoms with Crippen LogP contribution < -0.4 is 5.32 Å². The molecule has 0 aromatic heterocycles. The zero-order valence-corrected chi connectivity index (χ0v) is 16.5. The van der Waals surface area contributed by atoms with Crippen molar-refractivity contribution in [2.45, 2.75) is 31.5 Å². The second-order valence-corrected chi connectivity index (χ2v) is 8.01. The Morgan fingerprint density at radius 1 is 1.07 bits per heavy atom. The van der Waals surface area contributed by atoms with E-state index in [4.69, 9.17) is 0 Å². The molecule has 11 heteroatoms. The van der Waals surface area contributed by atoms with Crippen molar-refractivity contribution in [1.82, 2.24) is 4.31 Å². The van der Waals surface area contributed by atoms with Crippen molar-refractivity contribution in [3.05, 3.63) is 63.7 Å². The fourth-order valence-electron chi connectivity index (χ4n) is 2.72. The molecule has 29 heavy (non-hydrogen) atoms. The predicted octanol–water partition coefficient (Wildman–Crippen LogP) is 4.26. The molecule has 7 nitrogen and oxygen atoms in total. The Bertz CT molecular complexity index is 973. The van der Waals surface area contributed by atoms with E-state index in [2.05, 4.69) is 5.32 Å². The molecule has 0 fully saturated rings. The number of nitrogens with one attached hydrogen (secondary N) is 1. The van der Waals surface area contributed by atoms with Gasteiger partial charge in [0, 0.05) is 37.5 Å². The van der Waals surface area contributed by atoms with E-state index in [-0.39, 0.29) is 17.1 Å². The SMILES string of the molecule is CCN(CC)S(=O)(=O)c1ccc(CNc2ccc([N+](=O)[O-])cc2C(F)(F)F)cc1. The summed E-state index contributed by atoms with van der Waals surface area (Å²) in [6, 6.07) is 8.25. The number of halogens is 3. The number of nitrogens with zero attached hydrogens (tertiary/aromatic N) is 2. The normalized spacial score (nSPS) is 12.2. The van der Waals surface area contributed by atoms with Crippen LogP contribution in [0.2, 0.25) is 0 Å². The van der Waals surface area contributed by atoms with Gasteiger partial charge in [-0.2, -0.15) is 17.5 Å². The molecule has 0 aliphatic carbocycles. The molecule has 2 rings (SSSR count). The van der Waals surface area contributed by atoms with E-state index in [0.717, 1.165) is 12.1 Å². The second-order valence-electron chi connectivity index (χ2n) is 6.07. The molecule has 0 spiro atoms. The Balaban J connectivity index is 2.22. The molecular formula is C18H20F3N3O4S. The number of rotatable bonds is 8. The van der Waals surface area contributed by atoms with Crippen LogP contribution in [0, 0.1) is 10.1 Å². The van der Waals surface area contributed by atoms with Gasteiger partial charge in [-0.1, -0.05) is 26.0 Å². The highest BCUT2D eigenvalue weighted by Crippen LogP contribution is 2.37. The molecule has 158 valence electrons. The summed E-state index contributed by atoms with van der Waals surface area (Å²) in [5, 5.41) is 13.3. The molecule has 0 radical (unpaired) electrons. The van der Waals surface area contributed by atoms with E-state index in [9.17, 15) is 31.7 Å². The van der Waals surface area contributed by atoms with E-state index in [1.54, 1.807) is 13.8 Å². The van der Waals surface area contributed by atoms with E-state index in [1.807, 2.05) is 0 Å². The van der Waals surface area contributed by atoms with Crippen LogP contribution in [-0.2, 0) is 22.7 Å². The summed E-state index contributed by atoms with van der Waals surface area (Å²) in [6.45, 7) is 4.07. The number of hydrogen-bond donors (Lipinski definition) is 1. The highest BCUT2D eigenvalue weighted by molar-refractivity contribution is 7.89. The third kappa shape index (κ3) is 5.24. The van der Waals surface area contributed by atoms with Gasteiger partial charge in [0.2, 0.25) is 10.0 Å². The molecule has 0 aliphatic heterocycles.